The standard InChI is InChI=1S/C17H27P/c1-3-4-14-18(16-11-6-5-7-12-16)17-13-9-8-10-15(17)2/h8-10,13,16H,3-7,11-12,14H2,1-2H3. The second-order valence-electron chi connectivity index (χ2n) is 5.63. The molecule has 2 rings (SSSR count). The molecular weight excluding hydrogens is 235 g/mol. The van der Waals surface area contributed by atoms with Gasteiger partial charge in [0.25, 0.3) is 0 Å². The van der Waals surface area contributed by atoms with E-state index in [0.29, 0.717) is 0 Å². The fraction of sp³-hybridized carbons (Fsp3) is 0.647. The third kappa shape index (κ3) is 3.58. The Morgan fingerprint density at radius 1 is 1.11 bits per heavy atom. The Morgan fingerprint density at radius 3 is 2.50 bits per heavy atom. The third-order valence-electron chi connectivity index (χ3n) is 4.19. The lowest BCUT2D eigenvalue weighted by Gasteiger charge is -2.32. The van der Waals surface area contributed by atoms with Gasteiger partial charge >= 0.3 is 0 Å². The Bertz CT molecular complexity index is 352. The van der Waals surface area contributed by atoms with Crippen molar-refractivity contribution in [1.82, 2.24) is 0 Å². The van der Waals surface area contributed by atoms with Crippen LogP contribution in [-0.4, -0.2) is 11.8 Å². The highest BCUT2D eigenvalue weighted by atomic mass is 31.1. The van der Waals surface area contributed by atoms with Crippen LogP contribution in [0.4, 0.5) is 0 Å². The summed E-state index contributed by atoms with van der Waals surface area (Å²) in [7, 11) is 0.0993. The van der Waals surface area contributed by atoms with E-state index in [1.54, 1.807) is 5.30 Å². The maximum absolute atomic E-state index is 2.41. The Morgan fingerprint density at radius 2 is 1.83 bits per heavy atom. The molecule has 1 unspecified atom stereocenters. The summed E-state index contributed by atoms with van der Waals surface area (Å²) < 4.78 is 0. The van der Waals surface area contributed by atoms with Crippen molar-refractivity contribution in [2.45, 2.75) is 64.5 Å². The molecule has 1 aliphatic rings. The molecule has 0 heterocycles. The molecule has 1 fully saturated rings. The molecule has 1 heteroatoms. The van der Waals surface area contributed by atoms with Gasteiger partial charge in [0.1, 0.15) is 0 Å². The van der Waals surface area contributed by atoms with Gasteiger partial charge in [-0.1, -0.05) is 64.8 Å². The van der Waals surface area contributed by atoms with Crippen LogP contribution in [0.3, 0.4) is 0 Å². The van der Waals surface area contributed by atoms with Gasteiger partial charge in [0.05, 0.1) is 0 Å². The average molecular weight is 262 g/mol. The van der Waals surface area contributed by atoms with Crippen molar-refractivity contribution in [1.29, 1.82) is 0 Å². The Balaban J connectivity index is 2.15. The first-order valence-electron chi connectivity index (χ1n) is 7.65. The number of aryl methyl sites for hydroxylation is 1. The van der Waals surface area contributed by atoms with E-state index >= 15 is 0 Å². The van der Waals surface area contributed by atoms with Crippen LogP contribution < -0.4 is 5.30 Å². The van der Waals surface area contributed by atoms with E-state index < -0.39 is 0 Å². The summed E-state index contributed by atoms with van der Waals surface area (Å²) in [5.74, 6) is 0. The number of benzene rings is 1. The molecule has 0 aromatic heterocycles. The molecule has 0 aliphatic heterocycles. The normalized spacial score (nSPS) is 18.8. The number of unbranched alkanes of at least 4 members (excludes halogenated alkanes) is 1. The van der Waals surface area contributed by atoms with Gasteiger partial charge in [-0.05, 0) is 48.9 Å². The molecule has 0 spiro atoms. The average Bonchev–Trinajstić information content (AvgIpc) is 2.42. The highest BCUT2D eigenvalue weighted by Gasteiger charge is 2.24. The molecule has 0 amide bonds. The predicted octanol–water partition coefficient (Wildman–Crippen LogP) is 5.24. The van der Waals surface area contributed by atoms with E-state index in [1.807, 2.05) is 0 Å². The first-order valence-corrected chi connectivity index (χ1v) is 9.25. The Hall–Kier alpha value is -0.350. The molecule has 18 heavy (non-hydrogen) atoms. The van der Waals surface area contributed by atoms with Crippen LogP contribution in [0.15, 0.2) is 24.3 Å². The lowest BCUT2D eigenvalue weighted by molar-refractivity contribution is 0.511. The summed E-state index contributed by atoms with van der Waals surface area (Å²) in [5, 5.41) is 1.70. The van der Waals surface area contributed by atoms with Crippen LogP contribution in [0, 0.1) is 6.92 Å². The molecule has 1 saturated carbocycles. The highest BCUT2D eigenvalue weighted by molar-refractivity contribution is 7.66. The van der Waals surface area contributed by atoms with Crippen LogP contribution in [-0.2, 0) is 0 Å². The molecule has 1 aromatic rings. The fourth-order valence-corrected chi connectivity index (χ4v) is 6.56. The number of rotatable bonds is 5. The molecule has 0 bridgehead atoms. The molecule has 1 aromatic carbocycles. The van der Waals surface area contributed by atoms with E-state index in [2.05, 4.69) is 38.1 Å². The topological polar surface area (TPSA) is 0 Å². The van der Waals surface area contributed by atoms with Crippen LogP contribution in [0.2, 0.25) is 0 Å². The van der Waals surface area contributed by atoms with Gasteiger partial charge in [0.15, 0.2) is 0 Å². The summed E-state index contributed by atoms with van der Waals surface area (Å²) in [4.78, 5) is 0. The van der Waals surface area contributed by atoms with Crippen LogP contribution in [0.25, 0.3) is 0 Å². The zero-order valence-electron chi connectivity index (χ0n) is 12.0. The summed E-state index contributed by atoms with van der Waals surface area (Å²) in [5.41, 5.74) is 2.55. The van der Waals surface area contributed by atoms with Gasteiger partial charge in [0, 0.05) is 0 Å². The van der Waals surface area contributed by atoms with Crippen LogP contribution in [0.5, 0.6) is 0 Å². The van der Waals surface area contributed by atoms with Gasteiger partial charge in [-0.25, -0.2) is 0 Å². The highest BCUT2D eigenvalue weighted by Crippen LogP contribution is 2.48. The van der Waals surface area contributed by atoms with Crippen molar-refractivity contribution in [2.75, 3.05) is 6.16 Å². The molecule has 0 nitrogen and oxygen atoms in total. The molecule has 1 aliphatic carbocycles. The minimum atomic E-state index is 0.0993. The van der Waals surface area contributed by atoms with Crippen molar-refractivity contribution in [3.63, 3.8) is 0 Å². The maximum atomic E-state index is 2.41. The van der Waals surface area contributed by atoms with Crippen molar-refractivity contribution in [3.05, 3.63) is 29.8 Å². The molecule has 0 N–H and O–H groups in total. The molecule has 0 saturated heterocycles. The van der Waals surface area contributed by atoms with Crippen LogP contribution in [0.1, 0.15) is 57.4 Å². The predicted molar refractivity (Wildman–Crippen MR) is 84.4 cm³/mol. The van der Waals surface area contributed by atoms with Crippen molar-refractivity contribution >= 4 is 13.2 Å². The van der Waals surface area contributed by atoms with E-state index in [1.165, 1.54) is 56.7 Å². The first kappa shape index (κ1) is 14.1. The van der Waals surface area contributed by atoms with Gasteiger partial charge in [-0.15, -0.1) is 0 Å². The summed E-state index contributed by atoms with van der Waals surface area (Å²) >= 11 is 0. The van der Waals surface area contributed by atoms with Crippen LogP contribution >= 0.6 is 7.92 Å². The fourth-order valence-electron chi connectivity index (χ4n) is 3.11. The summed E-state index contributed by atoms with van der Waals surface area (Å²) in [6.07, 6.45) is 11.6. The van der Waals surface area contributed by atoms with Gasteiger partial charge < -0.3 is 0 Å². The molecule has 100 valence electrons. The quantitative estimate of drug-likeness (QED) is 0.637. The first-order chi connectivity index (χ1) is 8.83. The van der Waals surface area contributed by atoms with Crippen molar-refractivity contribution in [3.8, 4) is 0 Å². The van der Waals surface area contributed by atoms with E-state index in [4.69, 9.17) is 0 Å². The smallest absolute Gasteiger partial charge is 0.0169 e. The van der Waals surface area contributed by atoms with Gasteiger partial charge in [-0.2, -0.15) is 0 Å². The lowest BCUT2D eigenvalue weighted by Crippen LogP contribution is -2.20. The SMILES string of the molecule is CCCCP(c1ccccc1C)C1CCCCC1. The minimum absolute atomic E-state index is 0.0993. The molecule has 1 atom stereocenters. The zero-order chi connectivity index (χ0) is 12.8. The summed E-state index contributed by atoms with van der Waals surface area (Å²) in [6.45, 7) is 4.63. The number of hydrogen-bond acceptors (Lipinski definition) is 0. The van der Waals surface area contributed by atoms with E-state index in [9.17, 15) is 0 Å². The van der Waals surface area contributed by atoms with Gasteiger partial charge in [-0.3, -0.25) is 0 Å². The largest absolute Gasteiger partial charge is 0.0719 e. The summed E-state index contributed by atoms with van der Waals surface area (Å²) in [6, 6.07) is 9.14. The second kappa shape index (κ2) is 7.29. The zero-order valence-corrected chi connectivity index (χ0v) is 12.9. The second-order valence-corrected chi connectivity index (χ2v) is 8.22. The van der Waals surface area contributed by atoms with Gasteiger partial charge in [0.2, 0.25) is 0 Å². The Kier molecular flexibility index (Phi) is 5.70. The van der Waals surface area contributed by atoms with E-state index in [-0.39, 0.29) is 7.92 Å². The number of hydrogen-bond donors (Lipinski definition) is 0. The van der Waals surface area contributed by atoms with Crippen molar-refractivity contribution in [2.24, 2.45) is 0 Å². The van der Waals surface area contributed by atoms with Crippen molar-refractivity contribution < 1.29 is 0 Å². The molecule has 0 radical (unpaired) electrons. The third-order valence-corrected chi connectivity index (χ3v) is 7.51. The molecular formula is C17H27P. The Labute approximate surface area is 114 Å². The minimum Gasteiger partial charge on any atom is -0.0719 e. The maximum Gasteiger partial charge on any atom is -0.0169 e. The lowest BCUT2D eigenvalue weighted by atomic mass is 10.0. The van der Waals surface area contributed by atoms with E-state index in [0.717, 1.165) is 5.66 Å². The monoisotopic (exact) mass is 262 g/mol.